The number of nitrogens with one attached hydrogen (secondary N) is 1. The van der Waals surface area contributed by atoms with Crippen LogP contribution in [-0.4, -0.2) is 11.7 Å². The molecule has 96 valence electrons. The Bertz CT molecular complexity index is 375. The van der Waals surface area contributed by atoms with Gasteiger partial charge in [0.05, 0.1) is 0 Å². The molecule has 1 aromatic carbocycles. The fourth-order valence-electron chi connectivity index (χ4n) is 1.18. The largest absolute Gasteiger partial charge is 0.444 e. The number of carbonyl (C=O) groups is 1. The van der Waals surface area contributed by atoms with Gasteiger partial charge in [0, 0.05) is 12.2 Å². The van der Waals surface area contributed by atoms with Crippen LogP contribution in [0.25, 0.3) is 0 Å². The normalized spacial score (nSPS) is 10.3. The molecular weight excluding hydrogens is 240 g/mol. The van der Waals surface area contributed by atoms with Crippen molar-refractivity contribution in [2.75, 3.05) is 5.73 Å². The fourth-order valence-corrected chi connectivity index (χ4v) is 1.18. The van der Waals surface area contributed by atoms with Crippen LogP contribution in [0.2, 0.25) is 0 Å². The van der Waals surface area contributed by atoms with Gasteiger partial charge in [-0.25, -0.2) is 4.79 Å². The van der Waals surface area contributed by atoms with Crippen molar-refractivity contribution in [2.45, 2.75) is 32.9 Å². The van der Waals surface area contributed by atoms with Gasteiger partial charge in [0.2, 0.25) is 0 Å². The van der Waals surface area contributed by atoms with Crippen molar-refractivity contribution in [1.82, 2.24) is 5.32 Å². The molecule has 3 N–H and O–H groups in total. The molecule has 0 saturated heterocycles. The van der Waals surface area contributed by atoms with E-state index in [-0.39, 0.29) is 12.4 Å². The third-order valence-electron chi connectivity index (χ3n) is 1.88. The lowest BCUT2D eigenvalue weighted by Gasteiger charge is -2.19. The van der Waals surface area contributed by atoms with Gasteiger partial charge in [-0.3, -0.25) is 0 Å². The van der Waals surface area contributed by atoms with E-state index in [1.807, 2.05) is 39.0 Å². The van der Waals surface area contributed by atoms with Crippen LogP contribution < -0.4 is 11.1 Å². The molecule has 1 rings (SSSR count). The van der Waals surface area contributed by atoms with E-state index in [1.54, 1.807) is 6.07 Å². The molecule has 0 bridgehead atoms. The van der Waals surface area contributed by atoms with Crippen LogP contribution in [0.5, 0.6) is 0 Å². The molecule has 1 aromatic rings. The first-order chi connectivity index (χ1) is 7.38. The summed E-state index contributed by atoms with van der Waals surface area (Å²) >= 11 is 0. The molecule has 0 heterocycles. The van der Waals surface area contributed by atoms with Gasteiger partial charge in [-0.15, -0.1) is 12.4 Å². The molecule has 0 aliphatic rings. The lowest BCUT2D eigenvalue weighted by molar-refractivity contribution is 0.0523. The highest BCUT2D eigenvalue weighted by molar-refractivity contribution is 5.85. The molecule has 4 nitrogen and oxygen atoms in total. The number of rotatable bonds is 2. The number of nitrogens with two attached hydrogens (primary N) is 1. The Morgan fingerprint density at radius 3 is 2.47 bits per heavy atom. The summed E-state index contributed by atoms with van der Waals surface area (Å²) in [5.41, 5.74) is 6.81. The second-order valence-corrected chi connectivity index (χ2v) is 4.55. The summed E-state index contributed by atoms with van der Waals surface area (Å²) in [4.78, 5) is 11.4. The smallest absolute Gasteiger partial charge is 0.407 e. The second kappa shape index (κ2) is 6.35. The topological polar surface area (TPSA) is 64.3 Å². The summed E-state index contributed by atoms with van der Waals surface area (Å²) in [6.45, 7) is 5.85. The number of amides is 1. The number of nitrogen functional groups attached to an aromatic ring is 1. The van der Waals surface area contributed by atoms with E-state index in [1.165, 1.54) is 0 Å². The predicted molar refractivity (Wildman–Crippen MR) is 71.2 cm³/mol. The number of halogens is 1. The van der Waals surface area contributed by atoms with Crippen LogP contribution in [-0.2, 0) is 11.3 Å². The lowest BCUT2D eigenvalue weighted by atomic mass is 10.2. The number of hydrogen-bond donors (Lipinski definition) is 2. The van der Waals surface area contributed by atoms with Gasteiger partial charge in [-0.05, 0) is 32.4 Å². The predicted octanol–water partition coefficient (Wildman–Crippen LogP) is 2.72. The van der Waals surface area contributed by atoms with Crippen molar-refractivity contribution >= 4 is 24.2 Å². The standard InChI is InChI=1S/C12H18N2O2.ClH/c1-12(2,3)16-11(15)14-8-9-6-4-5-7-10(9)13;/h4-7H,8,13H2,1-3H3,(H,14,15);1H. The molecule has 0 radical (unpaired) electrons. The van der Waals surface area contributed by atoms with E-state index in [9.17, 15) is 4.79 Å². The number of para-hydroxylation sites is 1. The monoisotopic (exact) mass is 258 g/mol. The molecule has 0 unspecified atom stereocenters. The van der Waals surface area contributed by atoms with E-state index in [0.29, 0.717) is 12.2 Å². The molecule has 0 spiro atoms. The molecule has 0 atom stereocenters. The average molecular weight is 259 g/mol. The van der Waals surface area contributed by atoms with Crippen molar-refractivity contribution in [2.24, 2.45) is 0 Å². The summed E-state index contributed by atoms with van der Waals surface area (Å²) in [6.07, 6.45) is -0.434. The highest BCUT2D eigenvalue weighted by atomic mass is 35.5. The zero-order chi connectivity index (χ0) is 12.2. The summed E-state index contributed by atoms with van der Waals surface area (Å²) in [7, 11) is 0. The van der Waals surface area contributed by atoms with Gasteiger partial charge in [0.25, 0.3) is 0 Å². The number of anilines is 1. The molecule has 0 aromatic heterocycles. The highest BCUT2D eigenvalue weighted by Crippen LogP contribution is 2.11. The molecule has 0 aliphatic carbocycles. The maximum absolute atomic E-state index is 11.4. The zero-order valence-electron chi connectivity index (χ0n) is 10.3. The quantitative estimate of drug-likeness (QED) is 0.802. The Labute approximate surface area is 108 Å². The Kier molecular flexibility index (Phi) is 5.82. The van der Waals surface area contributed by atoms with Crippen LogP contribution in [0, 0.1) is 0 Å². The number of hydrogen-bond acceptors (Lipinski definition) is 3. The molecule has 0 aliphatic heterocycles. The van der Waals surface area contributed by atoms with Crippen molar-refractivity contribution in [1.29, 1.82) is 0 Å². The SMILES string of the molecule is CC(C)(C)OC(=O)NCc1ccccc1N.Cl. The minimum Gasteiger partial charge on any atom is -0.444 e. The van der Waals surface area contributed by atoms with E-state index < -0.39 is 11.7 Å². The van der Waals surface area contributed by atoms with Crippen LogP contribution >= 0.6 is 12.4 Å². The van der Waals surface area contributed by atoms with Crippen molar-refractivity contribution in [3.63, 3.8) is 0 Å². The van der Waals surface area contributed by atoms with Crippen LogP contribution in [0.4, 0.5) is 10.5 Å². The van der Waals surface area contributed by atoms with Gasteiger partial charge >= 0.3 is 6.09 Å². The van der Waals surface area contributed by atoms with Gasteiger partial charge in [0.15, 0.2) is 0 Å². The first-order valence-corrected chi connectivity index (χ1v) is 5.19. The first kappa shape index (κ1) is 15.6. The maximum Gasteiger partial charge on any atom is 0.407 e. The van der Waals surface area contributed by atoms with Gasteiger partial charge in [-0.2, -0.15) is 0 Å². The van der Waals surface area contributed by atoms with Crippen LogP contribution in [0.1, 0.15) is 26.3 Å². The molecule has 17 heavy (non-hydrogen) atoms. The Morgan fingerprint density at radius 1 is 1.35 bits per heavy atom. The van der Waals surface area contributed by atoms with Gasteiger partial charge in [-0.1, -0.05) is 18.2 Å². The second-order valence-electron chi connectivity index (χ2n) is 4.55. The fraction of sp³-hybridized carbons (Fsp3) is 0.417. The van der Waals surface area contributed by atoms with E-state index in [0.717, 1.165) is 5.56 Å². The lowest BCUT2D eigenvalue weighted by Crippen LogP contribution is -2.32. The third kappa shape index (κ3) is 6.02. The first-order valence-electron chi connectivity index (χ1n) is 5.19. The minimum atomic E-state index is -0.480. The van der Waals surface area contributed by atoms with Gasteiger partial charge in [0.1, 0.15) is 5.60 Å². The number of ether oxygens (including phenoxy) is 1. The summed E-state index contributed by atoms with van der Waals surface area (Å²) < 4.78 is 5.11. The minimum absolute atomic E-state index is 0. The Balaban J connectivity index is 0.00000256. The Hall–Kier alpha value is -1.42. The van der Waals surface area contributed by atoms with Gasteiger partial charge < -0.3 is 15.8 Å². The summed E-state index contributed by atoms with van der Waals surface area (Å²) in [5, 5.41) is 2.66. The van der Waals surface area contributed by atoms with Crippen molar-refractivity contribution in [3.8, 4) is 0 Å². The van der Waals surface area contributed by atoms with Crippen LogP contribution in [0.15, 0.2) is 24.3 Å². The highest BCUT2D eigenvalue weighted by Gasteiger charge is 2.15. The van der Waals surface area contributed by atoms with Crippen molar-refractivity contribution < 1.29 is 9.53 Å². The number of benzene rings is 1. The Morgan fingerprint density at radius 2 is 1.94 bits per heavy atom. The number of alkyl carbamates (subject to hydrolysis) is 1. The molecule has 0 fully saturated rings. The van der Waals surface area contributed by atoms with Crippen molar-refractivity contribution in [3.05, 3.63) is 29.8 Å². The molecule has 1 amide bonds. The van der Waals surface area contributed by atoms with Crippen LogP contribution in [0.3, 0.4) is 0 Å². The van der Waals surface area contributed by atoms with E-state index in [4.69, 9.17) is 10.5 Å². The zero-order valence-corrected chi connectivity index (χ0v) is 11.1. The third-order valence-corrected chi connectivity index (χ3v) is 1.88. The van der Waals surface area contributed by atoms with E-state index in [2.05, 4.69) is 5.32 Å². The number of carbonyl (C=O) groups excluding carboxylic acids is 1. The van der Waals surface area contributed by atoms with E-state index >= 15 is 0 Å². The summed E-state index contributed by atoms with van der Waals surface area (Å²) in [5.74, 6) is 0. The molecule has 0 saturated carbocycles. The average Bonchev–Trinajstić information content (AvgIpc) is 2.14. The molecular formula is C12H19ClN2O2. The summed E-state index contributed by atoms with van der Waals surface area (Å²) in [6, 6.07) is 7.40. The molecule has 5 heteroatoms. The maximum atomic E-state index is 11.4.